The van der Waals surface area contributed by atoms with Gasteiger partial charge < -0.3 is 46.5 Å². The maximum atomic E-state index is 13.4. The smallest absolute Gasteiger partial charge is 0.339 e. The van der Waals surface area contributed by atoms with Gasteiger partial charge in [0.25, 0.3) is 11.8 Å². The lowest BCUT2D eigenvalue weighted by Crippen LogP contribution is -2.47. The number of aromatic nitrogens is 2. The van der Waals surface area contributed by atoms with Crippen LogP contribution < -0.4 is 36.3 Å². The number of amides is 2. The zero-order chi connectivity index (χ0) is 54.2. The van der Waals surface area contributed by atoms with E-state index in [0.29, 0.717) is 56.0 Å². The molecule has 0 aliphatic carbocycles. The number of rotatable bonds is 13. The Bertz CT molecular complexity index is 2740. The number of anilines is 2. The molecule has 0 spiro atoms. The summed E-state index contributed by atoms with van der Waals surface area (Å²) in [5.74, 6) is -2.09. The molecule has 8 N–H and O–H groups in total. The number of nitrogens with two attached hydrogens (primary N) is 2. The summed E-state index contributed by atoms with van der Waals surface area (Å²) in [6, 6.07) is 22.5. The molecule has 4 aromatic carbocycles. The van der Waals surface area contributed by atoms with Crippen molar-refractivity contribution in [1.29, 1.82) is 0 Å². The van der Waals surface area contributed by atoms with Gasteiger partial charge >= 0.3 is 11.9 Å². The maximum absolute atomic E-state index is 13.4. The molecule has 0 aliphatic rings. The molecule has 15 nitrogen and oxygen atoms in total. The Morgan fingerprint density at radius 1 is 0.620 bits per heavy atom. The zero-order valence-corrected chi connectivity index (χ0v) is 43.8. The number of ether oxygens (including phenoxy) is 3. The number of allylic oxidation sites excluding steroid dienone is 2. The Kier molecular flexibility index (Phi) is 25.3. The number of hydrogen-bond acceptors (Lipinski definition) is 11. The molecule has 0 fully saturated rings. The molecule has 0 radical (unpaired) electrons. The first-order valence-electron chi connectivity index (χ1n) is 23.3. The molecular formula is C55H73FN6O9. The number of hydrogen-bond donors (Lipinski definition) is 6. The number of aromatic carboxylic acids is 2. The Hall–Kier alpha value is -7.75. The number of halogens is 1. The molecule has 0 atom stereocenters. The molecule has 0 aliphatic heterocycles. The number of aryl methyl sites for hydroxylation is 2. The monoisotopic (exact) mass is 981 g/mol. The Morgan fingerprint density at radius 2 is 1.00 bits per heavy atom. The number of carboxylic acid groups (broad SMARTS) is 2. The van der Waals surface area contributed by atoms with Crippen LogP contribution in [0, 0.1) is 19.7 Å². The third-order valence-corrected chi connectivity index (χ3v) is 9.67. The van der Waals surface area contributed by atoms with Crippen molar-refractivity contribution in [2.75, 3.05) is 31.8 Å². The average Bonchev–Trinajstić information content (AvgIpc) is 3.34. The molecule has 384 valence electrons. The molecule has 0 saturated heterocycles. The van der Waals surface area contributed by atoms with Crippen LogP contribution in [-0.4, -0.2) is 75.3 Å². The summed E-state index contributed by atoms with van der Waals surface area (Å²) in [7, 11) is 1.56. The van der Waals surface area contributed by atoms with E-state index in [-0.39, 0.29) is 47.2 Å². The fraction of sp³-hybridized carbons (Fsp3) is 0.345. The highest BCUT2D eigenvalue weighted by atomic mass is 19.1. The summed E-state index contributed by atoms with van der Waals surface area (Å²) in [5.41, 5.74) is 13.2. The van der Waals surface area contributed by atoms with Crippen molar-refractivity contribution >= 4 is 56.9 Å². The molecule has 2 amide bonds. The van der Waals surface area contributed by atoms with E-state index in [2.05, 4.69) is 20.6 Å². The number of fused-ring (bicyclic) bond motifs is 2. The van der Waals surface area contributed by atoms with Gasteiger partial charge in [0.2, 0.25) is 0 Å². The Morgan fingerprint density at radius 3 is 1.35 bits per heavy atom. The SMILES string of the molecule is C/C=C\C.CC.CC.CC.COc1ccc(C(=O)NC(C)(C)COc2cccc3nc(C)c(C(=O)O)c(N)c23)cc1.Cc1nc2cccc(OCC(C)(C)NC(=O)c3cccc(F)c3)c2c(N)c1C(=O)O. The van der Waals surface area contributed by atoms with Crippen LogP contribution in [0.3, 0.4) is 0 Å². The number of carbonyl (C=O) groups excluding carboxylic acids is 2. The first kappa shape index (κ1) is 61.3. The minimum Gasteiger partial charge on any atom is -0.497 e. The van der Waals surface area contributed by atoms with E-state index < -0.39 is 34.7 Å². The topological polar surface area (TPSA) is 238 Å². The summed E-state index contributed by atoms with van der Waals surface area (Å²) >= 11 is 0. The number of nitrogen functional groups attached to an aromatic ring is 2. The average molecular weight is 981 g/mol. The number of pyridine rings is 2. The number of methoxy groups -OCH3 is 1. The van der Waals surface area contributed by atoms with Gasteiger partial charge in [0.05, 0.1) is 62.8 Å². The van der Waals surface area contributed by atoms with Gasteiger partial charge in [-0.05, 0) is 122 Å². The van der Waals surface area contributed by atoms with E-state index in [9.17, 15) is 33.8 Å². The largest absolute Gasteiger partial charge is 0.497 e. The van der Waals surface area contributed by atoms with Crippen LogP contribution in [0.5, 0.6) is 17.2 Å². The molecule has 6 rings (SSSR count). The lowest BCUT2D eigenvalue weighted by molar-refractivity contribution is 0.0686. The van der Waals surface area contributed by atoms with E-state index in [0.717, 1.165) is 6.07 Å². The van der Waals surface area contributed by atoms with Gasteiger partial charge in [-0.3, -0.25) is 19.6 Å². The van der Waals surface area contributed by atoms with Gasteiger partial charge in [0, 0.05) is 11.1 Å². The fourth-order valence-corrected chi connectivity index (χ4v) is 6.38. The van der Waals surface area contributed by atoms with E-state index >= 15 is 0 Å². The number of carboxylic acids is 2. The van der Waals surface area contributed by atoms with Crippen LogP contribution in [0.4, 0.5) is 15.8 Å². The molecule has 6 aromatic rings. The first-order valence-corrected chi connectivity index (χ1v) is 23.3. The normalized spacial score (nSPS) is 10.5. The summed E-state index contributed by atoms with van der Waals surface area (Å²) in [6.07, 6.45) is 4.00. The van der Waals surface area contributed by atoms with Crippen molar-refractivity contribution in [3.63, 3.8) is 0 Å². The van der Waals surface area contributed by atoms with Crippen LogP contribution in [0.2, 0.25) is 0 Å². The molecule has 71 heavy (non-hydrogen) atoms. The van der Waals surface area contributed by atoms with Gasteiger partial charge in [-0.1, -0.05) is 71.9 Å². The second kappa shape index (κ2) is 29.3. The second-order valence-corrected chi connectivity index (χ2v) is 16.0. The molecule has 0 unspecified atom stereocenters. The molecule has 16 heteroatoms. The van der Waals surface area contributed by atoms with Gasteiger partial charge in [-0.2, -0.15) is 0 Å². The standard InChI is InChI=1S/C23H25N3O5.C22H22FN3O4.C4H8.3C2H6/c1-13-18(22(28)29)20(24)19-16(25-13)6-5-7-17(19)31-12-23(2,3)26-21(27)14-8-10-15(30-4)11-9-14;1-12-17(21(28)29)19(24)18-15(25-12)8-5-9-16(18)30-11-22(2,3)26-20(27)13-6-4-7-14(23)10-13;1-3-4-2;3*1-2/h5-11H,12H2,1-4H3,(H2,24,25)(H,26,27)(H,28,29);4-10H,11H2,1-3H3,(H2,24,25)(H,26,27)(H,28,29);3-4H,1-2H3;3*1-2H3/b;;4-3-;;;. The van der Waals surface area contributed by atoms with Gasteiger partial charge in [-0.25, -0.2) is 14.0 Å². The van der Waals surface area contributed by atoms with Crippen molar-refractivity contribution in [1.82, 2.24) is 20.6 Å². The lowest BCUT2D eigenvalue weighted by Gasteiger charge is -2.27. The van der Waals surface area contributed by atoms with Crippen molar-refractivity contribution in [2.24, 2.45) is 0 Å². The molecular weight excluding hydrogens is 908 g/mol. The Balaban J connectivity index is 0.000000601. The summed E-state index contributed by atoms with van der Waals surface area (Å²) in [4.78, 5) is 56.8. The van der Waals surface area contributed by atoms with Crippen LogP contribution in [0.1, 0.15) is 136 Å². The third kappa shape index (κ3) is 17.6. The number of nitrogens with one attached hydrogen (secondary N) is 2. The van der Waals surface area contributed by atoms with E-state index in [4.69, 9.17) is 25.7 Å². The summed E-state index contributed by atoms with van der Waals surface area (Å²) < 4.78 is 30.3. The van der Waals surface area contributed by atoms with Crippen molar-refractivity contribution in [3.05, 3.63) is 137 Å². The van der Waals surface area contributed by atoms with Gasteiger partial charge in [-0.15, -0.1) is 0 Å². The molecule has 2 aromatic heterocycles. The van der Waals surface area contributed by atoms with Crippen molar-refractivity contribution < 1.29 is 48.0 Å². The van der Waals surface area contributed by atoms with Crippen LogP contribution >= 0.6 is 0 Å². The predicted octanol–water partition coefficient (Wildman–Crippen LogP) is 11.6. The third-order valence-electron chi connectivity index (χ3n) is 9.67. The second-order valence-electron chi connectivity index (χ2n) is 16.0. The van der Waals surface area contributed by atoms with Crippen LogP contribution in [0.25, 0.3) is 21.8 Å². The minimum absolute atomic E-state index is 0.0457. The van der Waals surface area contributed by atoms with Crippen LogP contribution in [-0.2, 0) is 0 Å². The van der Waals surface area contributed by atoms with Crippen LogP contribution in [0.15, 0.2) is 97.1 Å². The maximum Gasteiger partial charge on any atom is 0.339 e. The summed E-state index contributed by atoms with van der Waals surface area (Å²) in [5, 5.41) is 25.5. The fourth-order valence-electron chi connectivity index (χ4n) is 6.38. The molecule has 2 heterocycles. The number of nitrogens with zero attached hydrogens (tertiary/aromatic N) is 2. The Labute approximate surface area is 417 Å². The van der Waals surface area contributed by atoms with Gasteiger partial charge in [0.15, 0.2) is 0 Å². The number of carbonyl (C=O) groups is 4. The lowest BCUT2D eigenvalue weighted by atomic mass is 10.0. The van der Waals surface area contributed by atoms with E-state index in [1.807, 2.05) is 81.4 Å². The minimum atomic E-state index is -1.17. The molecule has 0 bridgehead atoms. The van der Waals surface area contributed by atoms with E-state index in [1.165, 1.54) is 18.2 Å². The van der Waals surface area contributed by atoms with Gasteiger partial charge in [0.1, 0.15) is 47.4 Å². The number of benzene rings is 4. The van der Waals surface area contributed by atoms with Crippen molar-refractivity contribution in [2.45, 2.75) is 108 Å². The highest BCUT2D eigenvalue weighted by Crippen LogP contribution is 2.35. The first-order chi connectivity index (χ1) is 33.6. The molecule has 0 saturated carbocycles. The van der Waals surface area contributed by atoms with E-state index in [1.54, 1.807) is 95.5 Å². The van der Waals surface area contributed by atoms with Crippen molar-refractivity contribution in [3.8, 4) is 17.2 Å². The highest BCUT2D eigenvalue weighted by Gasteiger charge is 2.26. The predicted molar refractivity (Wildman–Crippen MR) is 284 cm³/mol. The highest BCUT2D eigenvalue weighted by molar-refractivity contribution is 6.07. The zero-order valence-electron chi connectivity index (χ0n) is 43.8. The quantitative estimate of drug-likeness (QED) is 0.0591. The summed E-state index contributed by atoms with van der Waals surface area (Å²) in [6.45, 7) is 26.5.